The predicted octanol–water partition coefficient (Wildman–Crippen LogP) is 1.69. The minimum atomic E-state index is 0.0152. The molecule has 2 rings (SSSR count). The number of guanidine groups is 1. The molecule has 0 saturated carbocycles. The highest BCUT2D eigenvalue weighted by molar-refractivity contribution is 7.98. The molecule has 0 bridgehead atoms. The van der Waals surface area contributed by atoms with Gasteiger partial charge in [0.25, 0.3) is 0 Å². The number of aromatic nitrogens is 3. The molecule has 1 heterocycles. The Kier molecular flexibility index (Phi) is 9.13. The van der Waals surface area contributed by atoms with Crippen LogP contribution in [0.25, 0.3) is 0 Å². The Morgan fingerprint density at radius 1 is 1.26 bits per heavy atom. The van der Waals surface area contributed by atoms with Crippen LogP contribution >= 0.6 is 11.8 Å². The van der Waals surface area contributed by atoms with Gasteiger partial charge in [0.1, 0.15) is 12.4 Å². The van der Waals surface area contributed by atoms with E-state index in [1.807, 2.05) is 60.6 Å². The average molecular weight is 391 g/mol. The van der Waals surface area contributed by atoms with Crippen LogP contribution in [0.5, 0.6) is 0 Å². The fourth-order valence-corrected chi connectivity index (χ4v) is 3.00. The molecule has 0 saturated heterocycles. The van der Waals surface area contributed by atoms with Crippen molar-refractivity contribution in [3.63, 3.8) is 0 Å². The smallest absolute Gasteiger partial charge is 0.191 e. The Balaban J connectivity index is 2.00. The zero-order chi connectivity index (χ0) is 19.5. The quantitative estimate of drug-likeness (QED) is 0.325. The van der Waals surface area contributed by atoms with Crippen LogP contribution in [0.4, 0.5) is 0 Å². The van der Waals surface area contributed by atoms with Crippen LogP contribution in [0.1, 0.15) is 29.6 Å². The summed E-state index contributed by atoms with van der Waals surface area (Å²) in [4.78, 5) is 4.65. The summed E-state index contributed by atoms with van der Waals surface area (Å²) in [5.41, 5.74) is 1.11. The van der Waals surface area contributed by atoms with Gasteiger partial charge < -0.3 is 20.3 Å². The largest absolute Gasteiger partial charge is 0.396 e. The van der Waals surface area contributed by atoms with Gasteiger partial charge in [0.05, 0.1) is 6.61 Å². The van der Waals surface area contributed by atoms with Crippen LogP contribution in [-0.2, 0) is 13.6 Å². The number of rotatable bonds is 10. The van der Waals surface area contributed by atoms with E-state index in [9.17, 15) is 5.11 Å². The number of hydrogen-bond acceptors (Lipinski definition) is 5. The van der Waals surface area contributed by atoms with E-state index in [1.165, 1.54) is 0 Å². The third kappa shape index (κ3) is 6.88. The van der Waals surface area contributed by atoms with E-state index in [0.717, 1.165) is 41.9 Å². The van der Waals surface area contributed by atoms with E-state index in [2.05, 4.69) is 32.1 Å². The lowest BCUT2D eigenvalue weighted by atomic mass is 10.0. The Labute approximate surface area is 165 Å². The van der Waals surface area contributed by atoms with Crippen LogP contribution in [-0.4, -0.2) is 57.5 Å². The molecule has 7 nitrogen and oxygen atoms in total. The van der Waals surface area contributed by atoms with E-state index < -0.39 is 0 Å². The molecule has 148 valence electrons. The lowest BCUT2D eigenvalue weighted by Gasteiger charge is -2.18. The minimum absolute atomic E-state index is 0.0152. The molecule has 2 aromatic rings. The second kappa shape index (κ2) is 11.6. The molecule has 1 atom stereocenters. The number of hydrogen-bond donors (Lipinski definition) is 3. The molecule has 1 unspecified atom stereocenters. The third-order valence-corrected chi connectivity index (χ3v) is 5.08. The Bertz CT molecular complexity index is 703. The van der Waals surface area contributed by atoms with Gasteiger partial charge in [-0.25, -0.2) is 4.99 Å². The second-order valence-electron chi connectivity index (χ2n) is 6.33. The van der Waals surface area contributed by atoms with Gasteiger partial charge in [-0.15, -0.1) is 10.2 Å². The van der Waals surface area contributed by atoms with Gasteiger partial charge in [0.2, 0.25) is 0 Å². The Morgan fingerprint density at radius 2 is 2.04 bits per heavy atom. The molecule has 0 fully saturated rings. The molecule has 0 aliphatic carbocycles. The van der Waals surface area contributed by atoms with E-state index in [1.54, 1.807) is 0 Å². The summed E-state index contributed by atoms with van der Waals surface area (Å²) in [5, 5.41) is 24.7. The van der Waals surface area contributed by atoms with Crippen molar-refractivity contribution in [1.82, 2.24) is 25.4 Å². The molecule has 0 aliphatic rings. The van der Waals surface area contributed by atoms with E-state index in [-0.39, 0.29) is 12.5 Å². The maximum atomic E-state index is 9.76. The number of nitrogens with one attached hydrogen (secondary N) is 2. The summed E-state index contributed by atoms with van der Waals surface area (Å²) in [5.74, 6) is 3.53. The van der Waals surface area contributed by atoms with Crippen LogP contribution in [0.15, 0.2) is 35.3 Å². The molecule has 1 aromatic carbocycles. The van der Waals surface area contributed by atoms with Gasteiger partial charge in [-0.05, 0) is 30.9 Å². The lowest BCUT2D eigenvalue weighted by Crippen LogP contribution is -2.40. The normalized spacial score (nSPS) is 12.8. The van der Waals surface area contributed by atoms with Crippen molar-refractivity contribution in [3.8, 4) is 0 Å². The van der Waals surface area contributed by atoms with Crippen LogP contribution in [0.3, 0.4) is 0 Å². The van der Waals surface area contributed by atoms with E-state index >= 15 is 0 Å². The zero-order valence-corrected chi connectivity index (χ0v) is 17.2. The number of aliphatic imine (C=N–C) groups is 1. The predicted molar refractivity (Wildman–Crippen MR) is 112 cm³/mol. The second-order valence-corrected chi connectivity index (χ2v) is 7.32. The molecule has 1 aromatic heterocycles. The number of aryl methyl sites for hydroxylation is 1. The first-order chi connectivity index (χ1) is 13.2. The molecule has 0 aliphatic heterocycles. The van der Waals surface area contributed by atoms with Crippen molar-refractivity contribution in [3.05, 3.63) is 47.5 Å². The minimum Gasteiger partial charge on any atom is -0.396 e. The number of aliphatic hydroxyl groups is 1. The topological polar surface area (TPSA) is 87.4 Å². The molecule has 0 amide bonds. The van der Waals surface area contributed by atoms with Gasteiger partial charge in [0, 0.05) is 26.1 Å². The highest BCUT2D eigenvalue weighted by atomic mass is 32.2. The van der Waals surface area contributed by atoms with Crippen molar-refractivity contribution in [1.29, 1.82) is 0 Å². The SMILES string of the molecule is CSCCCNC(=NCc1nnc(C)n1C)NCC(CO)c1ccccc1. The molecule has 0 spiro atoms. The van der Waals surface area contributed by atoms with Crippen molar-refractivity contribution >= 4 is 17.7 Å². The number of thioether (sulfide) groups is 1. The molecule has 8 heteroatoms. The van der Waals surface area contributed by atoms with Crippen molar-refractivity contribution < 1.29 is 5.11 Å². The average Bonchev–Trinajstić information content (AvgIpc) is 3.02. The molecule has 27 heavy (non-hydrogen) atoms. The van der Waals surface area contributed by atoms with Crippen LogP contribution in [0, 0.1) is 6.92 Å². The van der Waals surface area contributed by atoms with Gasteiger partial charge in [-0.2, -0.15) is 11.8 Å². The van der Waals surface area contributed by atoms with Crippen molar-refractivity contribution in [2.45, 2.75) is 25.8 Å². The third-order valence-electron chi connectivity index (χ3n) is 4.39. The fraction of sp³-hybridized carbons (Fsp3) is 0.526. The standard InChI is InChI=1S/C19H30N6OS/c1-15-23-24-18(25(15)2)13-22-19(20-10-7-11-27-3)21-12-17(14-26)16-8-5-4-6-9-16/h4-6,8-9,17,26H,7,10-14H2,1-3H3,(H2,20,21,22). The number of benzene rings is 1. The summed E-state index contributed by atoms with van der Waals surface area (Å²) in [7, 11) is 1.94. The number of aliphatic hydroxyl groups excluding tert-OH is 1. The van der Waals surface area contributed by atoms with E-state index in [0.29, 0.717) is 13.1 Å². The number of nitrogens with zero attached hydrogens (tertiary/aromatic N) is 4. The first-order valence-corrected chi connectivity index (χ1v) is 10.6. The summed E-state index contributed by atoms with van der Waals surface area (Å²) in [6.07, 6.45) is 3.17. The fourth-order valence-electron chi connectivity index (χ4n) is 2.57. The maximum absolute atomic E-state index is 9.76. The molecule has 0 radical (unpaired) electrons. The maximum Gasteiger partial charge on any atom is 0.191 e. The Hall–Kier alpha value is -2.06. The van der Waals surface area contributed by atoms with Gasteiger partial charge in [0.15, 0.2) is 11.8 Å². The lowest BCUT2D eigenvalue weighted by molar-refractivity contribution is 0.265. The zero-order valence-electron chi connectivity index (χ0n) is 16.4. The summed E-state index contributed by atoms with van der Waals surface area (Å²) in [6, 6.07) is 10.0. The Morgan fingerprint density at radius 3 is 2.67 bits per heavy atom. The summed E-state index contributed by atoms with van der Waals surface area (Å²) < 4.78 is 1.94. The highest BCUT2D eigenvalue weighted by Gasteiger charge is 2.11. The molecular formula is C19H30N6OS. The van der Waals surface area contributed by atoms with Crippen LogP contribution < -0.4 is 10.6 Å². The first kappa shape index (κ1) is 21.2. The summed E-state index contributed by atoms with van der Waals surface area (Å²) >= 11 is 1.83. The van der Waals surface area contributed by atoms with Crippen molar-refractivity contribution in [2.24, 2.45) is 12.0 Å². The van der Waals surface area contributed by atoms with Gasteiger partial charge in [-0.1, -0.05) is 30.3 Å². The van der Waals surface area contributed by atoms with Gasteiger partial charge >= 0.3 is 0 Å². The molecule has 3 N–H and O–H groups in total. The first-order valence-electron chi connectivity index (χ1n) is 9.17. The van der Waals surface area contributed by atoms with E-state index in [4.69, 9.17) is 0 Å². The van der Waals surface area contributed by atoms with Crippen molar-refractivity contribution in [2.75, 3.05) is 31.7 Å². The van der Waals surface area contributed by atoms with Crippen LogP contribution in [0.2, 0.25) is 0 Å². The van der Waals surface area contributed by atoms with Gasteiger partial charge in [-0.3, -0.25) is 0 Å². The monoisotopic (exact) mass is 390 g/mol. The highest BCUT2D eigenvalue weighted by Crippen LogP contribution is 2.13. The summed E-state index contributed by atoms with van der Waals surface area (Å²) in [6.45, 7) is 3.90. The molecular weight excluding hydrogens is 360 g/mol.